The lowest BCUT2D eigenvalue weighted by Crippen LogP contribution is -2.15. The number of anilines is 1. The van der Waals surface area contributed by atoms with Crippen LogP contribution in [0, 0.1) is 0 Å². The first kappa shape index (κ1) is 14.4. The van der Waals surface area contributed by atoms with Crippen LogP contribution in [0.25, 0.3) is 0 Å². The largest absolute Gasteiger partial charge is 0.490 e. The molecule has 2 rings (SSSR count). The summed E-state index contributed by atoms with van der Waals surface area (Å²) in [4.78, 5) is 12.3. The van der Waals surface area contributed by atoms with Crippen LogP contribution in [0.2, 0.25) is 5.02 Å². The maximum absolute atomic E-state index is 12.3. The average molecular weight is 290 g/mol. The Morgan fingerprint density at radius 2 is 1.90 bits per heavy atom. The molecule has 0 spiro atoms. The van der Waals surface area contributed by atoms with Crippen LogP contribution in [0.3, 0.4) is 0 Å². The number of hydrogen-bond acceptors (Lipinski definition) is 2. The lowest BCUT2D eigenvalue weighted by molar-refractivity contribution is 0.102. The van der Waals surface area contributed by atoms with Gasteiger partial charge in [-0.3, -0.25) is 4.79 Å². The molecular weight excluding hydrogens is 274 g/mol. The molecule has 1 amide bonds. The van der Waals surface area contributed by atoms with Gasteiger partial charge in [0, 0.05) is 10.7 Å². The molecule has 0 aliphatic carbocycles. The van der Waals surface area contributed by atoms with Gasteiger partial charge < -0.3 is 10.1 Å². The van der Waals surface area contributed by atoms with Crippen molar-refractivity contribution in [1.29, 1.82) is 0 Å². The van der Waals surface area contributed by atoms with E-state index in [4.69, 9.17) is 16.3 Å². The van der Waals surface area contributed by atoms with Gasteiger partial charge in [-0.15, -0.1) is 0 Å². The molecule has 0 saturated carbocycles. The molecule has 2 aromatic carbocycles. The van der Waals surface area contributed by atoms with Crippen molar-refractivity contribution in [3.05, 3.63) is 59.1 Å². The van der Waals surface area contributed by atoms with Crippen LogP contribution in [-0.4, -0.2) is 12.0 Å². The summed E-state index contributed by atoms with van der Waals surface area (Å²) in [6.45, 7) is 3.84. The summed E-state index contributed by atoms with van der Waals surface area (Å²) in [7, 11) is 0. The van der Waals surface area contributed by atoms with Crippen LogP contribution in [-0.2, 0) is 0 Å². The molecule has 0 heterocycles. The molecule has 0 bridgehead atoms. The molecule has 0 atom stereocenters. The highest BCUT2D eigenvalue weighted by atomic mass is 35.5. The van der Waals surface area contributed by atoms with E-state index in [9.17, 15) is 4.79 Å². The lowest BCUT2D eigenvalue weighted by atomic mass is 10.1. The number of hydrogen-bond donors (Lipinski definition) is 1. The predicted octanol–water partition coefficient (Wildman–Crippen LogP) is 4.38. The van der Waals surface area contributed by atoms with Gasteiger partial charge >= 0.3 is 0 Å². The molecule has 104 valence electrons. The number of ether oxygens (including phenoxy) is 1. The molecular formula is C16H16ClNO2. The van der Waals surface area contributed by atoms with Crippen LogP contribution in [0.1, 0.15) is 24.2 Å². The topological polar surface area (TPSA) is 38.3 Å². The summed E-state index contributed by atoms with van der Waals surface area (Å²) in [6.07, 6.45) is 0.00937. The van der Waals surface area contributed by atoms with E-state index in [1.807, 2.05) is 19.9 Å². The summed E-state index contributed by atoms with van der Waals surface area (Å²) >= 11 is 5.90. The van der Waals surface area contributed by atoms with Gasteiger partial charge in [0.05, 0.1) is 11.7 Å². The fraction of sp³-hybridized carbons (Fsp3) is 0.188. The van der Waals surface area contributed by atoms with Gasteiger partial charge in [0.2, 0.25) is 0 Å². The second-order valence-electron chi connectivity index (χ2n) is 4.63. The normalized spacial score (nSPS) is 10.4. The van der Waals surface area contributed by atoms with Gasteiger partial charge in [-0.25, -0.2) is 0 Å². The predicted molar refractivity (Wildman–Crippen MR) is 81.6 cm³/mol. The molecule has 0 aliphatic heterocycles. The molecule has 1 N–H and O–H groups in total. The maximum atomic E-state index is 12.3. The monoisotopic (exact) mass is 289 g/mol. The van der Waals surface area contributed by atoms with Crippen LogP contribution in [0.15, 0.2) is 48.5 Å². The van der Waals surface area contributed by atoms with Gasteiger partial charge in [0.15, 0.2) is 0 Å². The number of rotatable bonds is 4. The Morgan fingerprint density at radius 3 is 2.60 bits per heavy atom. The highest BCUT2D eigenvalue weighted by Crippen LogP contribution is 2.22. The molecule has 2 aromatic rings. The molecule has 0 aliphatic rings. The van der Waals surface area contributed by atoms with Crippen molar-refractivity contribution in [2.45, 2.75) is 20.0 Å². The van der Waals surface area contributed by atoms with Crippen LogP contribution in [0.5, 0.6) is 5.75 Å². The van der Waals surface area contributed by atoms with Gasteiger partial charge in [0.1, 0.15) is 5.75 Å². The number of para-hydroxylation sites is 1. The molecule has 0 saturated heterocycles. The molecule has 4 heteroatoms. The summed E-state index contributed by atoms with van der Waals surface area (Å²) in [5.41, 5.74) is 1.16. The first-order chi connectivity index (χ1) is 9.56. The van der Waals surface area contributed by atoms with Crippen LogP contribution < -0.4 is 10.1 Å². The van der Waals surface area contributed by atoms with Crippen molar-refractivity contribution in [2.24, 2.45) is 0 Å². The SMILES string of the molecule is CC(C)Oc1ccccc1C(=O)Nc1cccc(Cl)c1. The van der Waals surface area contributed by atoms with Crippen LogP contribution >= 0.6 is 11.6 Å². The first-order valence-corrected chi connectivity index (χ1v) is 6.76. The van der Waals surface area contributed by atoms with E-state index >= 15 is 0 Å². The third-order valence-electron chi connectivity index (χ3n) is 2.58. The van der Waals surface area contributed by atoms with E-state index in [1.165, 1.54) is 0 Å². The van der Waals surface area contributed by atoms with Crippen molar-refractivity contribution in [1.82, 2.24) is 0 Å². The van der Waals surface area contributed by atoms with Crippen molar-refractivity contribution in [2.75, 3.05) is 5.32 Å². The van der Waals surface area contributed by atoms with Crippen molar-refractivity contribution in [3.63, 3.8) is 0 Å². The number of benzene rings is 2. The summed E-state index contributed by atoms with van der Waals surface area (Å²) in [5.74, 6) is 0.352. The summed E-state index contributed by atoms with van der Waals surface area (Å²) in [6, 6.07) is 14.2. The number of nitrogens with one attached hydrogen (secondary N) is 1. The number of carbonyl (C=O) groups is 1. The Morgan fingerprint density at radius 1 is 1.15 bits per heavy atom. The maximum Gasteiger partial charge on any atom is 0.259 e. The molecule has 20 heavy (non-hydrogen) atoms. The van der Waals surface area contributed by atoms with Gasteiger partial charge in [0.25, 0.3) is 5.91 Å². The fourth-order valence-corrected chi connectivity index (χ4v) is 1.97. The van der Waals surface area contributed by atoms with E-state index in [2.05, 4.69) is 5.32 Å². The average Bonchev–Trinajstić information content (AvgIpc) is 2.38. The number of halogens is 1. The minimum atomic E-state index is -0.219. The molecule has 0 aromatic heterocycles. The Labute approximate surface area is 123 Å². The Balaban J connectivity index is 2.21. The van der Waals surface area contributed by atoms with E-state index in [0.29, 0.717) is 22.0 Å². The summed E-state index contributed by atoms with van der Waals surface area (Å²) < 4.78 is 5.64. The lowest BCUT2D eigenvalue weighted by Gasteiger charge is -2.14. The molecule has 0 fully saturated rings. The van der Waals surface area contributed by atoms with Crippen molar-refractivity contribution < 1.29 is 9.53 Å². The molecule has 0 unspecified atom stereocenters. The minimum absolute atomic E-state index is 0.00937. The highest BCUT2D eigenvalue weighted by Gasteiger charge is 2.13. The third-order valence-corrected chi connectivity index (χ3v) is 2.81. The molecule has 3 nitrogen and oxygen atoms in total. The number of amides is 1. The van der Waals surface area contributed by atoms with E-state index in [0.717, 1.165) is 0 Å². The standard InChI is InChI=1S/C16H16ClNO2/c1-11(2)20-15-9-4-3-8-14(15)16(19)18-13-7-5-6-12(17)10-13/h3-11H,1-2H3,(H,18,19). The van der Waals surface area contributed by atoms with Crippen molar-refractivity contribution in [3.8, 4) is 5.75 Å². The smallest absolute Gasteiger partial charge is 0.259 e. The quantitative estimate of drug-likeness (QED) is 0.907. The zero-order chi connectivity index (χ0) is 14.5. The Hall–Kier alpha value is -2.00. The minimum Gasteiger partial charge on any atom is -0.490 e. The second-order valence-corrected chi connectivity index (χ2v) is 5.06. The van der Waals surface area contributed by atoms with E-state index in [1.54, 1.807) is 42.5 Å². The van der Waals surface area contributed by atoms with Gasteiger partial charge in [-0.2, -0.15) is 0 Å². The summed E-state index contributed by atoms with van der Waals surface area (Å²) in [5, 5.41) is 3.39. The van der Waals surface area contributed by atoms with E-state index < -0.39 is 0 Å². The van der Waals surface area contributed by atoms with Crippen LogP contribution in [0.4, 0.5) is 5.69 Å². The fourth-order valence-electron chi connectivity index (χ4n) is 1.78. The highest BCUT2D eigenvalue weighted by molar-refractivity contribution is 6.31. The van der Waals surface area contributed by atoms with Gasteiger partial charge in [-0.05, 0) is 44.2 Å². The third kappa shape index (κ3) is 3.75. The molecule has 0 radical (unpaired) electrons. The first-order valence-electron chi connectivity index (χ1n) is 6.39. The van der Waals surface area contributed by atoms with Gasteiger partial charge in [-0.1, -0.05) is 29.8 Å². The Bertz CT molecular complexity index is 611. The number of carbonyl (C=O) groups excluding carboxylic acids is 1. The second kappa shape index (κ2) is 6.44. The van der Waals surface area contributed by atoms with E-state index in [-0.39, 0.29) is 12.0 Å². The zero-order valence-electron chi connectivity index (χ0n) is 11.4. The zero-order valence-corrected chi connectivity index (χ0v) is 12.1. The Kier molecular flexibility index (Phi) is 4.64. The van der Waals surface area contributed by atoms with Crippen molar-refractivity contribution >= 4 is 23.2 Å².